The molecule has 1 aromatic carbocycles. The van der Waals surface area contributed by atoms with E-state index >= 15 is 0 Å². The first kappa shape index (κ1) is 17.7. The van der Waals surface area contributed by atoms with Gasteiger partial charge in [-0.15, -0.1) is 0 Å². The summed E-state index contributed by atoms with van der Waals surface area (Å²) < 4.78 is 6.83. The van der Waals surface area contributed by atoms with Gasteiger partial charge in [-0.2, -0.15) is 10.1 Å². The number of ether oxygens (including phenoxy) is 1. The SMILES string of the molecule is CC(C)OC(=O)C(C)N(C)c1nc2c(cnn2-c2ccccc2)c(=O)[nH]1. The van der Waals surface area contributed by atoms with Crippen LogP contribution in [0.15, 0.2) is 41.3 Å². The molecule has 2 heterocycles. The van der Waals surface area contributed by atoms with Gasteiger partial charge in [-0.3, -0.25) is 9.78 Å². The Hall–Kier alpha value is -3.16. The molecule has 8 heteroatoms. The average molecular weight is 355 g/mol. The molecule has 0 aliphatic heterocycles. The van der Waals surface area contributed by atoms with Gasteiger partial charge in [0.25, 0.3) is 5.56 Å². The second kappa shape index (κ2) is 6.99. The first-order valence-electron chi connectivity index (χ1n) is 8.35. The highest BCUT2D eigenvalue weighted by Crippen LogP contribution is 2.17. The Balaban J connectivity index is 2.02. The molecule has 0 saturated heterocycles. The summed E-state index contributed by atoms with van der Waals surface area (Å²) in [5, 5.41) is 4.65. The van der Waals surface area contributed by atoms with Crippen molar-refractivity contribution >= 4 is 23.0 Å². The fourth-order valence-corrected chi connectivity index (χ4v) is 2.50. The van der Waals surface area contributed by atoms with Crippen LogP contribution in [0.25, 0.3) is 16.7 Å². The van der Waals surface area contributed by atoms with Crippen LogP contribution in [0.5, 0.6) is 0 Å². The molecule has 0 aliphatic carbocycles. The van der Waals surface area contributed by atoms with E-state index in [1.165, 1.54) is 6.20 Å². The minimum Gasteiger partial charge on any atom is -0.461 e. The molecule has 136 valence electrons. The maximum Gasteiger partial charge on any atom is 0.328 e. The van der Waals surface area contributed by atoms with Crippen LogP contribution in [0.3, 0.4) is 0 Å². The summed E-state index contributed by atoms with van der Waals surface area (Å²) in [6, 6.07) is 8.81. The normalized spacial score (nSPS) is 12.3. The Morgan fingerprint density at radius 3 is 2.58 bits per heavy atom. The fourth-order valence-electron chi connectivity index (χ4n) is 2.50. The van der Waals surface area contributed by atoms with Gasteiger partial charge in [-0.25, -0.2) is 9.48 Å². The van der Waals surface area contributed by atoms with Crippen LogP contribution in [0.2, 0.25) is 0 Å². The molecule has 26 heavy (non-hydrogen) atoms. The lowest BCUT2D eigenvalue weighted by Gasteiger charge is -2.24. The van der Waals surface area contributed by atoms with E-state index in [4.69, 9.17) is 4.74 Å². The number of fused-ring (bicyclic) bond motifs is 1. The number of hydrogen-bond donors (Lipinski definition) is 1. The number of esters is 1. The lowest BCUT2D eigenvalue weighted by atomic mass is 10.3. The van der Waals surface area contributed by atoms with Crippen molar-refractivity contribution in [1.29, 1.82) is 0 Å². The second-order valence-corrected chi connectivity index (χ2v) is 6.29. The molecule has 0 radical (unpaired) electrons. The number of anilines is 1. The number of rotatable bonds is 5. The molecule has 0 amide bonds. The van der Waals surface area contributed by atoms with Gasteiger partial charge in [0.15, 0.2) is 5.65 Å². The molecule has 3 rings (SSSR count). The molecule has 0 bridgehead atoms. The van der Waals surface area contributed by atoms with Crippen LogP contribution < -0.4 is 10.5 Å². The van der Waals surface area contributed by atoms with Gasteiger partial charge in [0.1, 0.15) is 11.4 Å². The van der Waals surface area contributed by atoms with E-state index in [1.807, 2.05) is 30.3 Å². The van der Waals surface area contributed by atoms with Crippen LogP contribution >= 0.6 is 0 Å². The van der Waals surface area contributed by atoms with Gasteiger partial charge in [-0.1, -0.05) is 18.2 Å². The predicted octanol–water partition coefficient (Wildman–Crippen LogP) is 1.89. The molecule has 0 fully saturated rings. The number of nitrogens with one attached hydrogen (secondary N) is 1. The summed E-state index contributed by atoms with van der Waals surface area (Å²) >= 11 is 0. The first-order chi connectivity index (χ1) is 12.4. The van der Waals surface area contributed by atoms with Crippen LogP contribution in [0.4, 0.5) is 5.95 Å². The Morgan fingerprint density at radius 1 is 1.23 bits per heavy atom. The number of likely N-dealkylation sites (N-methyl/N-ethyl adjacent to an activating group) is 1. The number of hydrogen-bond acceptors (Lipinski definition) is 6. The molecule has 1 N–H and O–H groups in total. The highest BCUT2D eigenvalue weighted by Gasteiger charge is 2.23. The van der Waals surface area contributed by atoms with E-state index in [2.05, 4.69) is 15.1 Å². The second-order valence-electron chi connectivity index (χ2n) is 6.29. The van der Waals surface area contributed by atoms with Gasteiger partial charge in [-0.05, 0) is 32.9 Å². The third kappa shape index (κ3) is 3.30. The van der Waals surface area contributed by atoms with Crippen LogP contribution in [-0.2, 0) is 9.53 Å². The van der Waals surface area contributed by atoms with Gasteiger partial charge in [0, 0.05) is 7.05 Å². The van der Waals surface area contributed by atoms with Crippen molar-refractivity contribution in [2.45, 2.75) is 32.9 Å². The number of nitrogens with zero attached hydrogens (tertiary/aromatic N) is 4. The quantitative estimate of drug-likeness (QED) is 0.703. The zero-order chi connectivity index (χ0) is 18.8. The standard InChI is InChI=1S/C18H21N5O3/c1-11(2)26-17(25)12(3)22(4)18-20-15-14(16(24)21-18)10-19-23(15)13-8-6-5-7-9-13/h5-12H,1-4H3,(H,20,21,24). The molecule has 8 nitrogen and oxygen atoms in total. The smallest absolute Gasteiger partial charge is 0.328 e. The van der Waals surface area contributed by atoms with Gasteiger partial charge >= 0.3 is 5.97 Å². The maximum atomic E-state index is 12.4. The van der Waals surface area contributed by atoms with Gasteiger partial charge in [0.2, 0.25) is 5.95 Å². The van der Waals surface area contributed by atoms with Crippen LogP contribution in [0.1, 0.15) is 20.8 Å². The Kier molecular flexibility index (Phi) is 4.75. The summed E-state index contributed by atoms with van der Waals surface area (Å²) in [4.78, 5) is 33.4. The molecule has 1 unspecified atom stereocenters. The third-order valence-corrected chi connectivity index (χ3v) is 4.03. The van der Waals surface area contributed by atoms with Crippen molar-refractivity contribution in [3.63, 3.8) is 0 Å². The van der Waals surface area contributed by atoms with Crippen LogP contribution in [-0.4, -0.2) is 44.9 Å². The highest BCUT2D eigenvalue weighted by atomic mass is 16.5. The number of carbonyl (C=O) groups is 1. The number of para-hydroxylation sites is 1. The van der Waals surface area contributed by atoms with E-state index in [0.717, 1.165) is 5.69 Å². The van der Waals surface area contributed by atoms with E-state index in [0.29, 0.717) is 11.0 Å². The molecular weight excluding hydrogens is 334 g/mol. The van der Waals surface area contributed by atoms with Crippen molar-refractivity contribution in [3.8, 4) is 5.69 Å². The molecule has 2 aromatic heterocycles. The fraction of sp³-hybridized carbons (Fsp3) is 0.333. The summed E-state index contributed by atoms with van der Waals surface area (Å²) in [7, 11) is 1.68. The number of H-pyrrole nitrogens is 1. The molecule has 0 spiro atoms. The third-order valence-electron chi connectivity index (χ3n) is 4.03. The van der Waals surface area contributed by atoms with Crippen molar-refractivity contribution in [1.82, 2.24) is 19.7 Å². The number of aromatic amines is 1. The number of carbonyl (C=O) groups excluding carboxylic acids is 1. The zero-order valence-electron chi connectivity index (χ0n) is 15.1. The monoisotopic (exact) mass is 355 g/mol. The van der Waals surface area contributed by atoms with Crippen molar-refractivity contribution in [2.24, 2.45) is 0 Å². The van der Waals surface area contributed by atoms with E-state index in [9.17, 15) is 9.59 Å². The minimum absolute atomic E-state index is 0.215. The first-order valence-corrected chi connectivity index (χ1v) is 8.35. The molecule has 3 aromatic rings. The molecule has 1 atom stereocenters. The molecule has 0 saturated carbocycles. The summed E-state index contributed by atoms with van der Waals surface area (Å²) in [5.41, 5.74) is 0.899. The van der Waals surface area contributed by atoms with Crippen molar-refractivity contribution < 1.29 is 9.53 Å². The van der Waals surface area contributed by atoms with Gasteiger partial charge < -0.3 is 9.64 Å². The summed E-state index contributed by atoms with van der Waals surface area (Å²) in [6.07, 6.45) is 1.27. The van der Waals surface area contributed by atoms with Gasteiger partial charge in [0.05, 0.1) is 18.0 Å². The lowest BCUT2D eigenvalue weighted by molar-refractivity contribution is -0.148. The van der Waals surface area contributed by atoms with Crippen molar-refractivity contribution in [2.75, 3.05) is 11.9 Å². The van der Waals surface area contributed by atoms with E-state index in [-0.39, 0.29) is 23.6 Å². The Bertz CT molecular complexity index is 977. The average Bonchev–Trinajstić information content (AvgIpc) is 3.05. The minimum atomic E-state index is -0.605. The predicted molar refractivity (Wildman–Crippen MR) is 98.6 cm³/mol. The summed E-state index contributed by atoms with van der Waals surface area (Å²) in [5.74, 6) is -0.116. The topological polar surface area (TPSA) is 93.1 Å². The lowest BCUT2D eigenvalue weighted by Crippen LogP contribution is -2.40. The summed E-state index contributed by atoms with van der Waals surface area (Å²) in [6.45, 7) is 5.27. The van der Waals surface area contributed by atoms with Crippen LogP contribution in [0, 0.1) is 0 Å². The number of aromatic nitrogens is 4. The highest BCUT2D eigenvalue weighted by molar-refractivity contribution is 5.80. The Labute approximate surface area is 150 Å². The number of benzene rings is 1. The maximum absolute atomic E-state index is 12.4. The molecule has 0 aliphatic rings. The Morgan fingerprint density at radius 2 is 1.92 bits per heavy atom. The largest absolute Gasteiger partial charge is 0.461 e. The van der Waals surface area contributed by atoms with E-state index < -0.39 is 6.04 Å². The van der Waals surface area contributed by atoms with E-state index in [1.54, 1.807) is 37.4 Å². The van der Waals surface area contributed by atoms with Crippen molar-refractivity contribution in [3.05, 3.63) is 46.9 Å². The zero-order valence-corrected chi connectivity index (χ0v) is 15.1. The molecular formula is C18H21N5O3.